The molecule has 1 aromatic carbocycles. The van der Waals surface area contributed by atoms with Gasteiger partial charge in [0.1, 0.15) is 17.3 Å². The Labute approximate surface area is 137 Å². The first kappa shape index (κ1) is 16.9. The Morgan fingerprint density at radius 1 is 1.09 bits per heavy atom. The van der Waals surface area contributed by atoms with Gasteiger partial charge in [0.05, 0.1) is 0 Å². The Kier molecular flexibility index (Phi) is 5.68. The first-order chi connectivity index (χ1) is 11.0. The zero-order valence-electron chi connectivity index (χ0n) is 14.3. The van der Waals surface area contributed by atoms with Crippen molar-refractivity contribution in [1.29, 1.82) is 0 Å². The van der Waals surface area contributed by atoms with Crippen LogP contribution in [0.2, 0.25) is 0 Å². The lowest BCUT2D eigenvalue weighted by Crippen LogP contribution is -2.31. The summed E-state index contributed by atoms with van der Waals surface area (Å²) < 4.78 is 0. The third-order valence-electron chi connectivity index (χ3n) is 3.70. The summed E-state index contributed by atoms with van der Waals surface area (Å²) in [6.45, 7) is 9.80. The molecule has 122 valence electrons. The fraction of sp³-hybridized carbons (Fsp3) is 0.389. The number of hydrogen-bond donors (Lipinski definition) is 1. The summed E-state index contributed by atoms with van der Waals surface area (Å²) in [6, 6.07) is 10.0. The third-order valence-corrected chi connectivity index (χ3v) is 3.70. The second-order valence-corrected chi connectivity index (χ2v) is 5.50. The molecule has 0 atom stereocenters. The Morgan fingerprint density at radius 2 is 1.74 bits per heavy atom. The van der Waals surface area contributed by atoms with Crippen molar-refractivity contribution >= 4 is 11.7 Å². The number of carbonyl (C=O) groups excluding carboxylic acids is 1. The van der Waals surface area contributed by atoms with E-state index in [0.29, 0.717) is 37.0 Å². The van der Waals surface area contributed by atoms with Gasteiger partial charge < -0.3 is 10.2 Å². The van der Waals surface area contributed by atoms with Gasteiger partial charge in [-0.15, -0.1) is 0 Å². The van der Waals surface area contributed by atoms with Crippen LogP contribution in [0.1, 0.15) is 41.3 Å². The van der Waals surface area contributed by atoms with E-state index in [2.05, 4.69) is 46.5 Å². The quantitative estimate of drug-likeness (QED) is 0.890. The highest BCUT2D eigenvalue weighted by atomic mass is 16.2. The number of amides is 1. The molecule has 2 aromatic rings. The van der Waals surface area contributed by atoms with E-state index in [1.807, 2.05) is 13.8 Å². The number of nitrogens with one attached hydrogen (secondary N) is 1. The number of hydrogen-bond acceptors (Lipinski definition) is 4. The summed E-state index contributed by atoms with van der Waals surface area (Å²) in [4.78, 5) is 22.8. The Hall–Kier alpha value is -2.43. The number of benzene rings is 1. The van der Waals surface area contributed by atoms with Crippen LogP contribution >= 0.6 is 0 Å². The van der Waals surface area contributed by atoms with Crippen molar-refractivity contribution in [3.05, 3.63) is 53.0 Å². The Balaban J connectivity index is 2.13. The molecule has 1 N–H and O–H groups in total. The van der Waals surface area contributed by atoms with E-state index in [0.717, 1.165) is 0 Å². The summed E-state index contributed by atoms with van der Waals surface area (Å²) in [5, 5.41) is 3.27. The normalized spacial score (nSPS) is 10.4. The second kappa shape index (κ2) is 7.72. The van der Waals surface area contributed by atoms with Crippen LogP contribution < -0.4 is 5.32 Å². The molecule has 23 heavy (non-hydrogen) atoms. The molecular weight excluding hydrogens is 288 g/mol. The zero-order chi connectivity index (χ0) is 16.8. The van der Waals surface area contributed by atoms with Gasteiger partial charge in [-0.25, -0.2) is 9.97 Å². The van der Waals surface area contributed by atoms with Gasteiger partial charge in [-0.05, 0) is 33.3 Å². The molecule has 0 radical (unpaired) electrons. The van der Waals surface area contributed by atoms with Crippen LogP contribution in [0.25, 0.3) is 0 Å². The molecule has 0 saturated heterocycles. The summed E-state index contributed by atoms with van der Waals surface area (Å²) >= 11 is 0. The van der Waals surface area contributed by atoms with Crippen molar-refractivity contribution in [2.45, 2.75) is 34.2 Å². The largest absolute Gasteiger partial charge is 0.366 e. The molecule has 1 aromatic heterocycles. The average Bonchev–Trinajstić information content (AvgIpc) is 2.55. The summed E-state index contributed by atoms with van der Waals surface area (Å²) in [5.74, 6) is 1.21. The standard InChI is InChI=1S/C18H24N4O/c1-5-22(6-2)18(23)16-11-17(21-14(4)20-16)19-12-15-9-7-13(3)8-10-15/h7-11H,5-6,12H2,1-4H3,(H,19,20,21). The molecule has 0 bridgehead atoms. The molecule has 1 heterocycles. The lowest BCUT2D eigenvalue weighted by atomic mass is 10.1. The molecule has 5 heteroatoms. The van der Waals surface area contributed by atoms with Crippen molar-refractivity contribution in [1.82, 2.24) is 14.9 Å². The molecule has 0 fully saturated rings. The van der Waals surface area contributed by atoms with Crippen LogP contribution in [0.15, 0.2) is 30.3 Å². The highest BCUT2D eigenvalue weighted by molar-refractivity contribution is 5.93. The number of aryl methyl sites for hydroxylation is 2. The molecule has 5 nitrogen and oxygen atoms in total. The number of carbonyl (C=O) groups is 1. The minimum absolute atomic E-state index is 0.0566. The van der Waals surface area contributed by atoms with Crippen LogP contribution in [0.5, 0.6) is 0 Å². The summed E-state index contributed by atoms with van der Waals surface area (Å²) in [5.41, 5.74) is 2.84. The molecule has 0 saturated carbocycles. The minimum Gasteiger partial charge on any atom is -0.366 e. The van der Waals surface area contributed by atoms with Crippen molar-refractivity contribution in [3.63, 3.8) is 0 Å². The monoisotopic (exact) mass is 312 g/mol. The van der Waals surface area contributed by atoms with Crippen LogP contribution in [0, 0.1) is 13.8 Å². The lowest BCUT2D eigenvalue weighted by Gasteiger charge is -2.18. The molecule has 0 spiro atoms. The second-order valence-electron chi connectivity index (χ2n) is 5.50. The van der Waals surface area contributed by atoms with Crippen molar-refractivity contribution < 1.29 is 4.79 Å². The van der Waals surface area contributed by atoms with Crippen molar-refractivity contribution in [2.24, 2.45) is 0 Å². The zero-order valence-corrected chi connectivity index (χ0v) is 14.3. The predicted molar refractivity (Wildman–Crippen MR) is 92.5 cm³/mol. The van der Waals surface area contributed by atoms with Gasteiger partial charge in [0.25, 0.3) is 5.91 Å². The van der Waals surface area contributed by atoms with Crippen LogP contribution in [-0.2, 0) is 6.54 Å². The molecular formula is C18H24N4O. The highest BCUT2D eigenvalue weighted by Crippen LogP contribution is 2.11. The first-order valence-electron chi connectivity index (χ1n) is 7.97. The van der Waals surface area contributed by atoms with Gasteiger partial charge in [-0.1, -0.05) is 29.8 Å². The third kappa shape index (κ3) is 4.52. The number of nitrogens with zero attached hydrogens (tertiary/aromatic N) is 3. The van der Waals surface area contributed by atoms with Gasteiger partial charge in [-0.3, -0.25) is 4.79 Å². The van der Waals surface area contributed by atoms with Crippen LogP contribution in [-0.4, -0.2) is 33.9 Å². The SMILES string of the molecule is CCN(CC)C(=O)c1cc(NCc2ccc(C)cc2)nc(C)n1. The van der Waals surface area contributed by atoms with Gasteiger partial charge in [0.15, 0.2) is 0 Å². The topological polar surface area (TPSA) is 58.1 Å². The Bertz CT molecular complexity index is 663. The maximum atomic E-state index is 12.4. The molecule has 0 unspecified atom stereocenters. The van der Waals surface area contributed by atoms with Crippen molar-refractivity contribution in [2.75, 3.05) is 18.4 Å². The van der Waals surface area contributed by atoms with E-state index in [1.165, 1.54) is 11.1 Å². The molecule has 0 aliphatic rings. The maximum absolute atomic E-state index is 12.4. The predicted octanol–water partition coefficient (Wildman–Crippen LogP) is 3.19. The van der Waals surface area contributed by atoms with Gasteiger partial charge in [0, 0.05) is 25.7 Å². The van der Waals surface area contributed by atoms with Gasteiger partial charge in [0.2, 0.25) is 0 Å². The number of rotatable bonds is 6. The number of aromatic nitrogens is 2. The van der Waals surface area contributed by atoms with E-state index in [1.54, 1.807) is 17.9 Å². The van der Waals surface area contributed by atoms with E-state index >= 15 is 0 Å². The molecule has 0 aliphatic heterocycles. The smallest absolute Gasteiger partial charge is 0.272 e. The summed E-state index contributed by atoms with van der Waals surface area (Å²) in [7, 11) is 0. The van der Waals surface area contributed by atoms with Crippen molar-refractivity contribution in [3.8, 4) is 0 Å². The van der Waals surface area contributed by atoms with E-state index in [4.69, 9.17) is 0 Å². The van der Waals surface area contributed by atoms with E-state index < -0.39 is 0 Å². The average molecular weight is 312 g/mol. The first-order valence-corrected chi connectivity index (χ1v) is 7.97. The highest BCUT2D eigenvalue weighted by Gasteiger charge is 2.15. The van der Waals surface area contributed by atoms with E-state index in [-0.39, 0.29) is 5.91 Å². The van der Waals surface area contributed by atoms with Gasteiger partial charge >= 0.3 is 0 Å². The maximum Gasteiger partial charge on any atom is 0.272 e. The molecule has 1 amide bonds. The van der Waals surface area contributed by atoms with Crippen LogP contribution in [0.3, 0.4) is 0 Å². The fourth-order valence-corrected chi connectivity index (χ4v) is 2.34. The number of anilines is 1. The van der Waals surface area contributed by atoms with Gasteiger partial charge in [-0.2, -0.15) is 0 Å². The van der Waals surface area contributed by atoms with Crippen LogP contribution in [0.4, 0.5) is 5.82 Å². The summed E-state index contributed by atoms with van der Waals surface area (Å²) in [6.07, 6.45) is 0. The minimum atomic E-state index is -0.0566. The molecule has 2 rings (SSSR count). The lowest BCUT2D eigenvalue weighted by molar-refractivity contribution is 0.0766. The van der Waals surface area contributed by atoms with E-state index in [9.17, 15) is 4.79 Å². The Morgan fingerprint density at radius 3 is 2.35 bits per heavy atom. The molecule has 0 aliphatic carbocycles. The fourth-order valence-electron chi connectivity index (χ4n) is 2.34.